The van der Waals surface area contributed by atoms with E-state index in [1.807, 2.05) is 24.3 Å². The Morgan fingerprint density at radius 2 is 1.87 bits per heavy atom. The predicted molar refractivity (Wildman–Crippen MR) is 119 cm³/mol. The lowest BCUT2D eigenvalue weighted by Gasteiger charge is -2.25. The molecule has 4 aromatic rings. The maximum Gasteiger partial charge on any atom is 0.367 e. The van der Waals surface area contributed by atoms with Crippen molar-refractivity contribution in [3.05, 3.63) is 70.3 Å². The molecule has 0 amide bonds. The molecule has 0 spiro atoms. The van der Waals surface area contributed by atoms with Gasteiger partial charge in [-0.2, -0.15) is 9.61 Å². The van der Waals surface area contributed by atoms with Crippen molar-refractivity contribution in [3.63, 3.8) is 0 Å². The normalized spacial score (nSPS) is 14.7. The van der Waals surface area contributed by atoms with Crippen molar-refractivity contribution in [1.29, 1.82) is 0 Å². The second-order valence-corrected chi connectivity index (χ2v) is 8.23. The van der Waals surface area contributed by atoms with E-state index in [1.165, 1.54) is 28.5 Å². The highest BCUT2D eigenvalue weighted by Crippen LogP contribution is 2.33. The number of benzene rings is 1. The monoisotopic (exact) mass is 435 g/mol. The summed E-state index contributed by atoms with van der Waals surface area (Å²) in [6, 6.07) is 7.95. The van der Waals surface area contributed by atoms with Crippen LogP contribution in [-0.2, 0) is 6.54 Å². The van der Waals surface area contributed by atoms with Gasteiger partial charge in [0.15, 0.2) is 0 Å². The first-order valence-electron chi connectivity index (χ1n) is 10.5. The lowest BCUT2D eigenvalue weighted by Crippen LogP contribution is -2.24. The molecule has 1 fully saturated rings. The molecule has 0 saturated heterocycles. The maximum atomic E-state index is 13.0. The van der Waals surface area contributed by atoms with E-state index in [1.54, 1.807) is 24.8 Å². The topological polar surface area (TPSA) is 90.0 Å². The van der Waals surface area contributed by atoms with Crippen molar-refractivity contribution in [2.75, 3.05) is 5.32 Å². The minimum absolute atomic E-state index is 0.231. The minimum atomic E-state index is -0.310. The average molecular weight is 436 g/mol. The van der Waals surface area contributed by atoms with Gasteiger partial charge in [-0.05, 0) is 30.5 Å². The van der Waals surface area contributed by atoms with Crippen LogP contribution in [-0.4, -0.2) is 35.4 Å². The van der Waals surface area contributed by atoms with Gasteiger partial charge in [0, 0.05) is 29.0 Å². The van der Waals surface area contributed by atoms with Crippen LogP contribution in [0.25, 0.3) is 16.8 Å². The van der Waals surface area contributed by atoms with Crippen LogP contribution in [0.1, 0.15) is 37.8 Å². The van der Waals surface area contributed by atoms with Crippen molar-refractivity contribution >= 4 is 22.9 Å². The molecule has 3 aromatic heterocycles. The van der Waals surface area contributed by atoms with Crippen molar-refractivity contribution in [3.8, 4) is 11.1 Å². The summed E-state index contributed by atoms with van der Waals surface area (Å²) < 4.78 is 2.73. The Morgan fingerprint density at radius 3 is 2.61 bits per heavy atom. The highest BCUT2D eigenvalue weighted by Gasteiger charge is 2.21. The molecule has 5 rings (SSSR count). The molecule has 1 N–H and O–H groups in total. The van der Waals surface area contributed by atoms with Crippen molar-refractivity contribution in [2.24, 2.45) is 0 Å². The van der Waals surface area contributed by atoms with Crippen LogP contribution in [0.15, 0.2) is 53.8 Å². The molecule has 8 nitrogen and oxygen atoms in total. The highest BCUT2D eigenvalue weighted by molar-refractivity contribution is 6.30. The van der Waals surface area contributed by atoms with Crippen molar-refractivity contribution in [1.82, 2.24) is 29.4 Å². The Bertz CT molecular complexity index is 1240. The second kappa shape index (κ2) is 8.47. The van der Waals surface area contributed by atoms with Gasteiger partial charge in [-0.3, -0.25) is 9.97 Å². The van der Waals surface area contributed by atoms with Gasteiger partial charge in [0.25, 0.3) is 0 Å². The Morgan fingerprint density at radius 1 is 1.06 bits per heavy atom. The number of nitrogens with zero attached hydrogens (tertiary/aromatic N) is 6. The first-order chi connectivity index (χ1) is 15.2. The third kappa shape index (κ3) is 4.03. The summed E-state index contributed by atoms with van der Waals surface area (Å²) in [6.45, 7) is 0.231. The smallest absolute Gasteiger partial charge is 0.367 e. The van der Waals surface area contributed by atoms with E-state index in [0.717, 1.165) is 29.7 Å². The third-order valence-corrected chi connectivity index (χ3v) is 5.90. The van der Waals surface area contributed by atoms with Crippen LogP contribution in [0, 0.1) is 0 Å². The van der Waals surface area contributed by atoms with Crippen LogP contribution < -0.4 is 11.0 Å². The zero-order valence-corrected chi connectivity index (χ0v) is 17.7. The summed E-state index contributed by atoms with van der Waals surface area (Å²) >= 11 is 6.09. The van der Waals surface area contributed by atoms with E-state index in [-0.39, 0.29) is 12.2 Å². The number of fused-ring (bicyclic) bond motifs is 1. The van der Waals surface area contributed by atoms with Crippen LogP contribution >= 0.6 is 11.6 Å². The fourth-order valence-electron chi connectivity index (χ4n) is 4.07. The van der Waals surface area contributed by atoms with E-state index in [9.17, 15) is 4.79 Å². The lowest BCUT2D eigenvalue weighted by molar-refractivity contribution is 0.463. The van der Waals surface area contributed by atoms with Gasteiger partial charge in [-0.15, -0.1) is 5.10 Å². The van der Waals surface area contributed by atoms with Gasteiger partial charge in [0.05, 0.1) is 30.3 Å². The number of rotatable bonds is 5. The van der Waals surface area contributed by atoms with Crippen LogP contribution in [0.3, 0.4) is 0 Å². The lowest BCUT2D eigenvalue weighted by atomic mass is 9.95. The molecule has 0 aliphatic heterocycles. The molecular formula is C22H22ClN7O. The first kappa shape index (κ1) is 19.7. The number of nitrogens with one attached hydrogen (secondary N) is 1. The standard InChI is InChI=1S/C22H22ClN7O/c23-16-8-6-15(7-9-16)19-13-26-30-21(20(19)27-17-4-2-1-3-5-17)28-29(22(30)31)14-18-12-24-10-11-25-18/h6-13,17,27H,1-5,14H2. The molecule has 31 heavy (non-hydrogen) atoms. The van der Waals surface area contributed by atoms with Crippen LogP contribution in [0.4, 0.5) is 5.69 Å². The summed E-state index contributed by atoms with van der Waals surface area (Å²) in [7, 11) is 0. The Hall–Kier alpha value is -3.26. The number of halogens is 1. The maximum absolute atomic E-state index is 13.0. The van der Waals surface area contributed by atoms with Crippen LogP contribution in [0.2, 0.25) is 5.02 Å². The van der Waals surface area contributed by atoms with Gasteiger partial charge in [0.1, 0.15) is 0 Å². The molecule has 1 aliphatic rings. The van der Waals surface area contributed by atoms with Crippen molar-refractivity contribution < 1.29 is 0 Å². The fraction of sp³-hybridized carbons (Fsp3) is 0.318. The predicted octanol–water partition coefficient (Wildman–Crippen LogP) is 3.79. The van der Waals surface area contributed by atoms with E-state index in [2.05, 4.69) is 25.5 Å². The first-order valence-corrected chi connectivity index (χ1v) is 10.8. The Labute approximate surface area is 183 Å². The summed E-state index contributed by atoms with van der Waals surface area (Å²) in [5.41, 5.74) is 3.54. The molecule has 3 heterocycles. The summed E-state index contributed by atoms with van der Waals surface area (Å²) in [4.78, 5) is 21.3. The second-order valence-electron chi connectivity index (χ2n) is 7.79. The quantitative estimate of drug-likeness (QED) is 0.513. The van der Waals surface area contributed by atoms with E-state index in [0.29, 0.717) is 22.4 Å². The molecule has 158 valence electrons. The fourth-order valence-corrected chi connectivity index (χ4v) is 4.20. The van der Waals surface area contributed by atoms with E-state index >= 15 is 0 Å². The van der Waals surface area contributed by atoms with Crippen LogP contribution in [0.5, 0.6) is 0 Å². The Balaban J connectivity index is 1.63. The average Bonchev–Trinajstić information content (AvgIpc) is 3.12. The number of aromatic nitrogens is 6. The number of hydrogen-bond acceptors (Lipinski definition) is 6. The third-order valence-electron chi connectivity index (χ3n) is 5.65. The molecule has 0 bridgehead atoms. The minimum Gasteiger partial charge on any atom is -0.379 e. The molecule has 0 unspecified atom stereocenters. The molecule has 0 radical (unpaired) electrons. The summed E-state index contributed by atoms with van der Waals surface area (Å²) in [6.07, 6.45) is 12.4. The Kier molecular flexibility index (Phi) is 5.38. The van der Waals surface area contributed by atoms with Gasteiger partial charge in [0.2, 0.25) is 5.65 Å². The molecule has 9 heteroatoms. The van der Waals surface area contributed by atoms with Crippen molar-refractivity contribution in [2.45, 2.75) is 44.7 Å². The molecule has 1 saturated carbocycles. The van der Waals surface area contributed by atoms with Gasteiger partial charge in [-0.25, -0.2) is 9.48 Å². The molecular weight excluding hydrogens is 414 g/mol. The SMILES string of the molecule is O=c1n(Cc2cnccn2)nc2c(NC3CCCCC3)c(-c3ccc(Cl)cc3)cnn12. The zero-order valence-electron chi connectivity index (χ0n) is 16.9. The summed E-state index contributed by atoms with van der Waals surface area (Å²) in [5.74, 6) is 0. The molecule has 1 aliphatic carbocycles. The number of anilines is 1. The number of hydrogen-bond donors (Lipinski definition) is 1. The van der Waals surface area contributed by atoms with E-state index in [4.69, 9.17) is 11.6 Å². The van der Waals surface area contributed by atoms with E-state index < -0.39 is 0 Å². The molecule has 0 atom stereocenters. The highest BCUT2D eigenvalue weighted by atomic mass is 35.5. The zero-order chi connectivity index (χ0) is 21.2. The van der Waals surface area contributed by atoms with Gasteiger partial charge >= 0.3 is 5.69 Å². The van der Waals surface area contributed by atoms with Gasteiger partial charge < -0.3 is 5.32 Å². The largest absolute Gasteiger partial charge is 0.379 e. The summed E-state index contributed by atoms with van der Waals surface area (Å²) in [5, 5.41) is 13.4. The van der Waals surface area contributed by atoms with Gasteiger partial charge in [-0.1, -0.05) is 43.0 Å². The molecule has 1 aromatic carbocycles.